The molecule has 5 heteroatoms. The highest BCUT2D eigenvalue weighted by Gasteiger charge is 2.24. The lowest BCUT2D eigenvalue weighted by Crippen LogP contribution is -2.26. The third-order valence-electron chi connectivity index (χ3n) is 4.24. The number of aromatic nitrogens is 1. The number of rotatable bonds is 4. The smallest absolute Gasteiger partial charge is 0.255 e. The Kier molecular flexibility index (Phi) is 4.59. The largest absolute Gasteiger partial charge is 0.368 e. The molecule has 1 saturated heterocycles. The minimum absolute atomic E-state index is 0.0992. The van der Waals surface area contributed by atoms with E-state index in [1.807, 2.05) is 23.6 Å². The minimum Gasteiger partial charge on any atom is -0.368 e. The number of amides is 1. The van der Waals surface area contributed by atoms with E-state index in [4.69, 9.17) is 4.74 Å². The second-order valence-corrected chi connectivity index (χ2v) is 6.83. The van der Waals surface area contributed by atoms with E-state index >= 15 is 0 Å². The summed E-state index contributed by atoms with van der Waals surface area (Å²) >= 11 is 1.43. The third kappa shape index (κ3) is 3.62. The van der Waals surface area contributed by atoms with Gasteiger partial charge in [-0.3, -0.25) is 10.1 Å². The lowest BCUT2D eigenvalue weighted by Gasteiger charge is -2.07. The normalized spacial score (nSPS) is 16.7. The standard InChI is InChI=1S/C20H18N2O2S/c23-19(18-7-4-12-24-18)22-20-21-17(13-25-20)16-10-8-15(9-11-16)14-5-2-1-3-6-14/h1-3,5-6,8-11,13,18H,4,7,12H2,(H,21,22,23)/t18-/m0/s1. The molecule has 0 aliphatic carbocycles. The maximum atomic E-state index is 12.1. The summed E-state index contributed by atoms with van der Waals surface area (Å²) in [4.78, 5) is 16.6. The predicted molar refractivity (Wildman–Crippen MR) is 101 cm³/mol. The fourth-order valence-corrected chi connectivity index (χ4v) is 3.62. The summed E-state index contributed by atoms with van der Waals surface area (Å²) in [5, 5.41) is 5.43. The van der Waals surface area contributed by atoms with Gasteiger partial charge < -0.3 is 4.74 Å². The van der Waals surface area contributed by atoms with E-state index in [-0.39, 0.29) is 12.0 Å². The predicted octanol–water partition coefficient (Wildman–Crippen LogP) is 4.59. The van der Waals surface area contributed by atoms with Crippen LogP contribution in [-0.2, 0) is 9.53 Å². The van der Waals surface area contributed by atoms with Crippen LogP contribution in [0.5, 0.6) is 0 Å². The molecule has 126 valence electrons. The van der Waals surface area contributed by atoms with E-state index in [9.17, 15) is 4.79 Å². The van der Waals surface area contributed by atoms with E-state index in [1.165, 1.54) is 22.5 Å². The molecule has 4 nitrogen and oxygen atoms in total. The Bertz CT molecular complexity index is 853. The van der Waals surface area contributed by atoms with Crippen LogP contribution < -0.4 is 5.32 Å². The highest BCUT2D eigenvalue weighted by molar-refractivity contribution is 7.14. The number of carbonyl (C=O) groups is 1. The van der Waals surface area contributed by atoms with Crippen molar-refractivity contribution in [2.45, 2.75) is 18.9 Å². The molecule has 1 aromatic heterocycles. The topological polar surface area (TPSA) is 51.2 Å². The molecule has 1 fully saturated rings. The maximum absolute atomic E-state index is 12.1. The fourth-order valence-electron chi connectivity index (χ4n) is 2.90. The van der Waals surface area contributed by atoms with Crippen molar-refractivity contribution in [3.8, 4) is 22.4 Å². The van der Waals surface area contributed by atoms with Gasteiger partial charge in [-0.2, -0.15) is 0 Å². The average Bonchev–Trinajstić information content (AvgIpc) is 3.35. The van der Waals surface area contributed by atoms with Crippen LogP contribution in [0.1, 0.15) is 12.8 Å². The van der Waals surface area contributed by atoms with Gasteiger partial charge in [0.25, 0.3) is 5.91 Å². The monoisotopic (exact) mass is 350 g/mol. The van der Waals surface area contributed by atoms with Crippen molar-refractivity contribution < 1.29 is 9.53 Å². The van der Waals surface area contributed by atoms with Crippen LogP contribution in [0.15, 0.2) is 60.0 Å². The number of thiazole rings is 1. The van der Waals surface area contributed by atoms with Gasteiger partial charge in [-0.25, -0.2) is 4.98 Å². The fraction of sp³-hybridized carbons (Fsp3) is 0.200. The average molecular weight is 350 g/mol. The number of carbonyl (C=O) groups excluding carboxylic acids is 1. The molecule has 0 saturated carbocycles. The first kappa shape index (κ1) is 16.0. The number of benzene rings is 2. The molecule has 25 heavy (non-hydrogen) atoms. The zero-order chi connectivity index (χ0) is 17.1. The van der Waals surface area contributed by atoms with Gasteiger partial charge in [-0.05, 0) is 24.0 Å². The first-order chi connectivity index (χ1) is 12.3. The van der Waals surface area contributed by atoms with Crippen molar-refractivity contribution in [3.63, 3.8) is 0 Å². The van der Waals surface area contributed by atoms with Gasteiger partial charge in [0.05, 0.1) is 5.69 Å². The van der Waals surface area contributed by atoms with Crippen molar-refractivity contribution in [2.75, 3.05) is 11.9 Å². The molecular weight excluding hydrogens is 332 g/mol. The number of anilines is 1. The summed E-state index contributed by atoms with van der Waals surface area (Å²) in [7, 11) is 0. The molecule has 1 aliphatic heterocycles. The van der Waals surface area contributed by atoms with E-state index < -0.39 is 0 Å². The quantitative estimate of drug-likeness (QED) is 0.748. The Morgan fingerprint density at radius 2 is 1.76 bits per heavy atom. The maximum Gasteiger partial charge on any atom is 0.255 e. The Labute approximate surface area is 150 Å². The minimum atomic E-state index is -0.336. The van der Waals surface area contributed by atoms with Crippen molar-refractivity contribution in [1.82, 2.24) is 4.98 Å². The number of hydrogen-bond acceptors (Lipinski definition) is 4. The molecule has 2 aromatic carbocycles. The number of ether oxygens (including phenoxy) is 1. The van der Waals surface area contributed by atoms with Crippen molar-refractivity contribution in [1.29, 1.82) is 0 Å². The van der Waals surface area contributed by atoms with Gasteiger partial charge in [0.15, 0.2) is 5.13 Å². The molecule has 3 aromatic rings. The Morgan fingerprint density at radius 1 is 1.04 bits per heavy atom. The zero-order valence-electron chi connectivity index (χ0n) is 13.6. The number of hydrogen-bond donors (Lipinski definition) is 1. The number of nitrogens with one attached hydrogen (secondary N) is 1. The summed E-state index contributed by atoms with van der Waals surface area (Å²) in [5.41, 5.74) is 4.27. The highest BCUT2D eigenvalue weighted by Crippen LogP contribution is 2.28. The van der Waals surface area contributed by atoms with Crippen LogP contribution in [-0.4, -0.2) is 23.6 Å². The second kappa shape index (κ2) is 7.17. The van der Waals surface area contributed by atoms with Crippen molar-refractivity contribution in [2.24, 2.45) is 0 Å². The Hall–Kier alpha value is -2.50. The van der Waals surface area contributed by atoms with Gasteiger partial charge in [0.1, 0.15) is 6.10 Å². The molecule has 2 heterocycles. The van der Waals surface area contributed by atoms with E-state index in [1.54, 1.807) is 0 Å². The van der Waals surface area contributed by atoms with Crippen molar-refractivity contribution in [3.05, 3.63) is 60.0 Å². The van der Waals surface area contributed by atoms with Gasteiger partial charge >= 0.3 is 0 Å². The van der Waals surface area contributed by atoms with Crippen molar-refractivity contribution >= 4 is 22.4 Å². The first-order valence-corrected chi connectivity index (χ1v) is 9.21. The SMILES string of the molecule is O=C(Nc1nc(-c2ccc(-c3ccccc3)cc2)cs1)[C@@H]1CCCO1. The molecule has 4 rings (SSSR count). The van der Waals surface area contributed by atoms with E-state index in [0.29, 0.717) is 11.7 Å². The first-order valence-electron chi connectivity index (χ1n) is 8.33. The third-order valence-corrected chi connectivity index (χ3v) is 5.00. The van der Waals surface area contributed by atoms with Gasteiger partial charge in [0, 0.05) is 17.6 Å². The molecular formula is C20H18N2O2S. The van der Waals surface area contributed by atoms with Crippen LogP contribution >= 0.6 is 11.3 Å². The van der Waals surface area contributed by atoms with Crippen LogP contribution in [0, 0.1) is 0 Å². The summed E-state index contributed by atoms with van der Waals surface area (Å²) in [5.74, 6) is -0.0992. The number of nitrogens with zero attached hydrogens (tertiary/aromatic N) is 1. The molecule has 0 bridgehead atoms. The summed E-state index contributed by atoms with van der Waals surface area (Å²) in [6.45, 7) is 0.662. The molecule has 1 amide bonds. The molecule has 0 radical (unpaired) electrons. The van der Waals surface area contributed by atoms with Crippen LogP contribution in [0.2, 0.25) is 0 Å². The molecule has 1 atom stereocenters. The summed E-state index contributed by atoms with van der Waals surface area (Å²) in [6, 6.07) is 18.6. The molecule has 1 aliphatic rings. The van der Waals surface area contributed by atoms with E-state index in [0.717, 1.165) is 24.1 Å². The summed E-state index contributed by atoms with van der Waals surface area (Å²) in [6.07, 6.45) is 1.39. The van der Waals surface area contributed by atoms with Crippen LogP contribution in [0.25, 0.3) is 22.4 Å². The molecule has 0 spiro atoms. The lowest BCUT2D eigenvalue weighted by atomic mass is 10.0. The van der Waals surface area contributed by atoms with E-state index in [2.05, 4.69) is 46.7 Å². The van der Waals surface area contributed by atoms with Gasteiger partial charge in [0.2, 0.25) is 0 Å². The molecule has 1 N–H and O–H groups in total. The van der Waals surface area contributed by atoms with Gasteiger partial charge in [-0.1, -0.05) is 54.6 Å². The Balaban J connectivity index is 1.47. The van der Waals surface area contributed by atoms with Crippen LogP contribution in [0.4, 0.5) is 5.13 Å². The lowest BCUT2D eigenvalue weighted by molar-refractivity contribution is -0.124. The van der Waals surface area contributed by atoms with Gasteiger partial charge in [-0.15, -0.1) is 11.3 Å². The Morgan fingerprint density at radius 3 is 2.48 bits per heavy atom. The van der Waals surface area contributed by atoms with Crippen LogP contribution in [0.3, 0.4) is 0 Å². The zero-order valence-corrected chi connectivity index (χ0v) is 14.5. The summed E-state index contributed by atoms with van der Waals surface area (Å²) < 4.78 is 5.40. The highest BCUT2D eigenvalue weighted by atomic mass is 32.1. The molecule has 0 unspecified atom stereocenters. The second-order valence-electron chi connectivity index (χ2n) is 5.97.